The van der Waals surface area contributed by atoms with E-state index in [0.29, 0.717) is 17.0 Å². The van der Waals surface area contributed by atoms with Crippen molar-refractivity contribution in [2.45, 2.75) is 45.1 Å². The molecule has 1 aliphatic carbocycles. The highest BCUT2D eigenvalue weighted by Crippen LogP contribution is 2.39. The molecule has 0 amide bonds. The summed E-state index contributed by atoms with van der Waals surface area (Å²) >= 11 is 5.95. The third kappa shape index (κ3) is 1.88. The largest absolute Gasteiger partial charge is 0.392 e. The molecule has 2 unspecified atom stereocenters. The van der Waals surface area contributed by atoms with Gasteiger partial charge in [-0.05, 0) is 41.9 Å². The number of rotatable bonds is 1. The average Bonchev–Trinajstić information content (AvgIpc) is 2.22. The minimum absolute atomic E-state index is 0.0572. The molecule has 1 aliphatic rings. The zero-order valence-corrected chi connectivity index (χ0v) is 9.88. The molecular formula is C12H16ClNO. The summed E-state index contributed by atoms with van der Waals surface area (Å²) in [5, 5.41) is 9.83. The number of aliphatic hydroxyl groups is 1. The maximum atomic E-state index is 9.34. The van der Waals surface area contributed by atoms with Crippen LogP contribution in [0.3, 0.4) is 0 Å². The number of nitrogens with zero attached hydrogens (tertiary/aromatic N) is 1. The molecule has 0 radical (unpaired) electrons. The summed E-state index contributed by atoms with van der Waals surface area (Å²) in [6, 6.07) is 1.79. The van der Waals surface area contributed by atoms with E-state index in [-0.39, 0.29) is 6.61 Å². The van der Waals surface area contributed by atoms with Gasteiger partial charge in [-0.3, -0.25) is 0 Å². The van der Waals surface area contributed by atoms with Crippen molar-refractivity contribution in [1.29, 1.82) is 0 Å². The minimum atomic E-state index is 0.0572. The van der Waals surface area contributed by atoms with Crippen molar-refractivity contribution in [2.75, 3.05) is 0 Å². The first-order chi connectivity index (χ1) is 7.13. The van der Waals surface area contributed by atoms with Crippen LogP contribution in [0.15, 0.2) is 6.07 Å². The first-order valence-corrected chi connectivity index (χ1v) is 5.81. The molecule has 15 heavy (non-hydrogen) atoms. The second-order valence-electron chi connectivity index (χ2n) is 4.44. The molecule has 1 aromatic rings. The summed E-state index contributed by atoms with van der Waals surface area (Å²) in [6.45, 7) is 4.43. The molecule has 3 heteroatoms. The molecule has 0 aliphatic heterocycles. The summed E-state index contributed by atoms with van der Waals surface area (Å²) in [6.07, 6.45) is 2.33. The van der Waals surface area contributed by atoms with Crippen LogP contribution in [0.1, 0.15) is 55.3 Å². The van der Waals surface area contributed by atoms with E-state index in [1.165, 1.54) is 12.0 Å². The Hall–Kier alpha value is -0.600. The van der Waals surface area contributed by atoms with E-state index in [4.69, 9.17) is 11.6 Å². The molecule has 0 spiro atoms. The van der Waals surface area contributed by atoms with E-state index < -0.39 is 0 Å². The van der Waals surface area contributed by atoms with Crippen LogP contribution in [0.4, 0.5) is 0 Å². The van der Waals surface area contributed by atoms with Crippen LogP contribution < -0.4 is 0 Å². The first kappa shape index (κ1) is 10.9. The lowest BCUT2D eigenvalue weighted by atomic mass is 9.79. The topological polar surface area (TPSA) is 33.1 Å². The van der Waals surface area contributed by atoms with Gasteiger partial charge in [0.2, 0.25) is 0 Å². The average molecular weight is 226 g/mol. The molecule has 2 rings (SSSR count). The highest BCUT2D eigenvalue weighted by molar-refractivity contribution is 6.29. The number of fused-ring (bicyclic) bond motifs is 1. The number of halogens is 1. The molecule has 0 fully saturated rings. The highest BCUT2D eigenvalue weighted by atomic mass is 35.5. The van der Waals surface area contributed by atoms with E-state index in [1.807, 2.05) is 0 Å². The number of hydrogen-bond acceptors (Lipinski definition) is 2. The molecule has 0 aromatic carbocycles. The van der Waals surface area contributed by atoms with Gasteiger partial charge in [-0.2, -0.15) is 0 Å². The van der Waals surface area contributed by atoms with Gasteiger partial charge in [0.05, 0.1) is 6.61 Å². The second kappa shape index (κ2) is 4.11. The van der Waals surface area contributed by atoms with Crippen molar-refractivity contribution in [3.8, 4) is 0 Å². The van der Waals surface area contributed by atoms with Crippen LogP contribution in [0.5, 0.6) is 0 Å². The molecular weight excluding hydrogens is 210 g/mol. The van der Waals surface area contributed by atoms with Gasteiger partial charge in [-0.1, -0.05) is 25.4 Å². The van der Waals surface area contributed by atoms with Gasteiger partial charge in [-0.15, -0.1) is 0 Å². The van der Waals surface area contributed by atoms with Crippen molar-refractivity contribution >= 4 is 11.6 Å². The quantitative estimate of drug-likeness (QED) is 0.745. The molecule has 2 nitrogen and oxygen atoms in total. The molecule has 82 valence electrons. The number of hydrogen-bond donors (Lipinski definition) is 1. The maximum Gasteiger partial charge on any atom is 0.129 e. The lowest BCUT2D eigenvalue weighted by Crippen LogP contribution is -2.15. The van der Waals surface area contributed by atoms with Crippen LogP contribution in [-0.2, 0) is 6.61 Å². The fraction of sp³-hybridized carbons (Fsp3) is 0.583. The zero-order chi connectivity index (χ0) is 11.0. The van der Waals surface area contributed by atoms with Crippen molar-refractivity contribution in [1.82, 2.24) is 4.98 Å². The third-order valence-electron chi connectivity index (χ3n) is 3.31. The van der Waals surface area contributed by atoms with E-state index in [1.54, 1.807) is 6.07 Å². The molecule has 1 aromatic heterocycles. The fourth-order valence-corrected chi connectivity index (χ4v) is 2.67. The van der Waals surface area contributed by atoms with Gasteiger partial charge in [-0.25, -0.2) is 4.98 Å². The Morgan fingerprint density at radius 1 is 1.40 bits per heavy atom. The normalized spacial score (nSPS) is 25.1. The Balaban J connectivity index is 2.60. The molecule has 0 saturated carbocycles. The van der Waals surface area contributed by atoms with Crippen LogP contribution in [0, 0.1) is 0 Å². The summed E-state index contributed by atoms with van der Waals surface area (Å²) in [4.78, 5) is 4.41. The van der Waals surface area contributed by atoms with Gasteiger partial charge in [0.25, 0.3) is 0 Å². The monoisotopic (exact) mass is 225 g/mol. The van der Waals surface area contributed by atoms with E-state index >= 15 is 0 Å². The van der Waals surface area contributed by atoms with Crippen molar-refractivity contribution in [3.63, 3.8) is 0 Å². The number of aromatic nitrogens is 1. The van der Waals surface area contributed by atoms with Gasteiger partial charge in [0.15, 0.2) is 0 Å². The van der Waals surface area contributed by atoms with Crippen LogP contribution in [0.2, 0.25) is 5.15 Å². The van der Waals surface area contributed by atoms with E-state index in [2.05, 4.69) is 18.8 Å². The standard InChI is InChI=1S/C12H16ClNO/c1-7-3-4-8(2)12-11(7)9(6-15)5-10(13)14-12/h5,7-8,15H,3-4,6H2,1-2H3. The Bertz CT molecular complexity index is 378. The number of pyridine rings is 1. The van der Waals surface area contributed by atoms with Crippen LogP contribution >= 0.6 is 11.6 Å². The summed E-state index contributed by atoms with van der Waals surface area (Å²) in [5.41, 5.74) is 3.26. The molecule has 1 heterocycles. The van der Waals surface area contributed by atoms with Crippen molar-refractivity contribution < 1.29 is 5.11 Å². The summed E-state index contributed by atoms with van der Waals surface area (Å²) in [7, 11) is 0. The summed E-state index contributed by atoms with van der Waals surface area (Å²) in [5.74, 6) is 0.948. The van der Waals surface area contributed by atoms with E-state index in [0.717, 1.165) is 17.7 Å². The molecule has 0 saturated heterocycles. The number of aliphatic hydroxyl groups excluding tert-OH is 1. The van der Waals surface area contributed by atoms with E-state index in [9.17, 15) is 5.11 Å². The predicted octanol–water partition coefficient (Wildman–Crippen LogP) is 3.23. The Morgan fingerprint density at radius 3 is 2.73 bits per heavy atom. The van der Waals surface area contributed by atoms with Gasteiger partial charge in [0, 0.05) is 5.69 Å². The van der Waals surface area contributed by atoms with Crippen molar-refractivity contribution in [3.05, 3.63) is 28.0 Å². The first-order valence-electron chi connectivity index (χ1n) is 5.43. The molecule has 1 N–H and O–H groups in total. The van der Waals surface area contributed by atoms with Crippen LogP contribution in [0.25, 0.3) is 0 Å². The van der Waals surface area contributed by atoms with Crippen LogP contribution in [-0.4, -0.2) is 10.1 Å². The Labute approximate surface area is 95.3 Å². The second-order valence-corrected chi connectivity index (χ2v) is 4.83. The molecule has 0 bridgehead atoms. The predicted molar refractivity (Wildman–Crippen MR) is 61.2 cm³/mol. The zero-order valence-electron chi connectivity index (χ0n) is 9.13. The smallest absolute Gasteiger partial charge is 0.129 e. The van der Waals surface area contributed by atoms with Gasteiger partial charge < -0.3 is 5.11 Å². The lowest BCUT2D eigenvalue weighted by molar-refractivity contribution is 0.278. The third-order valence-corrected chi connectivity index (χ3v) is 3.50. The summed E-state index contributed by atoms with van der Waals surface area (Å²) < 4.78 is 0. The fourth-order valence-electron chi connectivity index (χ4n) is 2.45. The Kier molecular flexibility index (Phi) is 2.98. The Morgan fingerprint density at radius 2 is 2.07 bits per heavy atom. The molecule has 2 atom stereocenters. The SMILES string of the molecule is CC1CCC(C)c2c(CO)cc(Cl)nc21. The van der Waals surface area contributed by atoms with Gasteiger partial charge in [0.1, 0.15) is 5.15 Å². The maximum absolute atomic E-state index is 9.34. The highest BCUT2D eigenvalue weighted by Gasteiger charge is 2.26. The minimum Gasteiger partial charge on any atom is -0.392 e. The lowest BCUT2D eigenvalue weighted by Gasteiger charge is -2.28. The van der Waals surface area contributed by atoms with Crippen molar-refractivity contribution in [2.24, 2.45) is 0 Å². The van der Waals surface area contributed by atoms with Gasteiger partial charge >= 0.3 is 0 Å².